The van der Waals surface area contributed by atoms with Crippen molar-refractivity contribution in [1.82, 2.24) is 14.7 Å². The summed E-state index contributed by atoms with van der Waals surface area (Å²) in [6.07, 6.45) is 1.95. The van der Waals surface area contributed by atoms with Crippen molar-refractivity contribution in [3.63, 3.8) is 0 Å². The molecule has 0 unspecified atom stereocenters. The molecule has 2 N–H and O–H groups in total. The molecule has 6 nitrogen and oxygen atoms in total. The second-order valence-corrected chi connectivity index (χ2v) is 5.14. The Hall–Kier alpha value is -1.72. The Morgan fingerprint density at radius 2 is 2.11 bits per heavy atom. The predicted molar refractivity (Wildman–Crippen MR) is 76.1 cm³/mol. The van der Waals surface area contributed by atoms with Gasteiger partial charge in [0.2, 0.25) is 5.91 Å². The smallest absolute Gasteiger partial charge is 0.241 e. The molecule has 1 fully saturated rings. The van der Waals surface area contributed by atoms with Gasteiger partial charge in [0, 0.05) is 26.7 Å². The molecular weight excluding hydrogens is 242 g/mol. The van der Waals surface area contributed by atoms with E-state index in [1.165, 1.54) is 0 Å². The SMILES string of the molecule is CCCn1nc(C)c(N)c1N1CCCN(C)C(=O)C1. The maximum Gasteiger partial charge on any atom is 0.241 e. The Labute approximate surface area is 114 Å². The second kappa shape index (κ2) is 5.50. The number of carbonyl (C=O) groups is 1. The van der Waals surface area contributed by atoms with E-state index in [1.54, 1.807) is 4.90 Å². The van der Waals surface area contributed by atoms with Crippen LogP contribution in [-0.2, 0) is 11.3 Å². The van der Waals surface area contributed by atoms with Gasteiger partial charge >= 0.3 is 0 Å². The van der Waals surface area contributed by atoms with Crippen LogP contribution in [-0.4, -0.2) is 47.3 Å². The highest BCUT2D eigenvalue weighted by molar-refractivity contribution is 5.83. The summed E-state index contributed by atoms with van der Waals surface area (Å²) < 4.78 is 1.93. The Morgan fingerprint density at radius 1 is 1.37 bits per heavy atom. The average molecular weight is 265 g/mol. The summed E-state index contributed by atoms with van der Waals surface area (Å²) >= 11 is 0. The van der Waals surface area contributed by atoms with Crippen LogP contribution in [0.4, 0.5) is 11.5 Å². The number of anilines is 2. The molecule has 0 bridgehead atoms. The van der Waals surface area contributed by atoms with E-state index in [1.807, 2.05) is 18.7 Å². The van der Waals surface area contributed by atoms with E-state index in [4.69, 9.17) is 5.73 Å². The maximum absolute atomic E-state index is 12.0. The van der Waals surface area contributed by atoms with Crippen LogP contribution in [0.2, 0.25) is 0 Å². The molecule has 1 aromatic heterocycles. The zero-order valence-electron chi connectivity index (χ0n) is 12.0. The fourth-order valence-corrected chi connectivity index (χ4v) is 2.45. The van der Waals surface area contributed by atoms with Crippen LogP contribution in [0.3, 0.4) is 0 Å². The van der Waals surface area contributed by atoms with E-state index < -0.39 is 0 Å². The molecule has 6 heteroatoms. The minimum absolute atomic E-state index is 0.138. The first-order valence-electron chi connectivity index (χ1n) is 6.86. The molecule has 2 rings (SSSR count). The highest BCUT2D eigenvalue weighted by atomic mass is 16.2. The molecule has 1 aliphatic rings. The van der Waals surface area contributed by atoms with Gasteiger partial charge in [0.05, 0.1) is 17.9 Å². The molecule has 19 heavy (non-hydrogen) atoms. The third kappa shape index (κ3) is 2.67. The van der Waals surface area contributed by atoms with Gasteiger partial charge in [-0.3, -0.25) is 4.79 Å². The first-order valence-corrected chi connectivity index (χ1v) is 6.86. The summed E-state index contributed by atoms with van der Waals surface area (Å²) in [5.74, 6) is 1.04. The molecule has 0 aliphatic carbocycles. The van der Waals surface area contributed by atoms with Crippen LogP contribution in [0.1, 0.15) is 25.5 Å². The van der Waals surface area contributed by atoms with Gasteiger partial charge in [0.1, 0.15) is 0 Å². The molecule has 1 amide bonds. The lowest BCUT2D eigenvalue weighted by Crippen LogP contribution is -2.35. The summed E-state index contributed by atoms with van der Waals surface area (Å²) in [7, 11) is 1.85. The van der Waals surface area contributed by atoms with Crippen molar-refractivity contribution >= 4 is 17.4 Å². The van der Waals surface area contributed by atoms with Gasteiger partial charge in [-0.1, -0.05) is 6.92 Å². The number of nitrogen functional groups attached to an aromatic ring is 1. The third-order valence-electron chi connectivity index (χ3n) is 3.55. The molecule has 0 radical (unpaired) electrons. The first kappa shape index (κ1) is 13.7. The van der Waals surface area contributed by atoms with Gasteiger partial charge in [0.25, 0.3) is 0 Å². The van der Waals surface area contributed by atoms with Crippen molar-refractivity contribution in [2.45, 2.75) is 33.2 Å². The van der Waals surface area contributed by atoms with Gasteiger partial charge in [-0.15, -0.1) is 0 Å². The number of nitrogens with two attached hydrogens (primary N) is 1. The fraction of sp³-hybridized carbons (Fsp3) is 0.692. The summed E-state index contributed by atoms with van der Waals surface area (Å²) in [6, 6.07) is 0. The van der Waals surface area contributed by atoms with Crippen LogP contribution in [0.25, 0.3) is 0 Å². The molecule has 1 aromatic rings. The Balaban J connectivity index is 2.31. The molecule has 106 valence electrons. The number of aromatic nitrogens is 2. The Kier molecular flexibility index (Phi) is 3.97. The first-order chi connectivity index (χ1) is 9.04. The summed E-state index contributed by atoms with van der Waals surface area (Å²) in [6.45, 7) is 6.88. The number of hydrogen-bond donors (Lipinski definition) is 1. The van der Waals surface area contributed by atoms with Crippen LogP contribution >= 0.6 is 0 Å². The largest absolute Gasteiger partial charge is 0.394 e. The zero-order chi connectivity index (χ0) is 14.0. The second-order valence-electron chi connectivity index (χ2n) is 5.14. The summed E-state index contributed by atoms with van der Waals surface area (Å²) in [5, 5.41) is 4.47. The van der Waals surface area contributed by atoms with E-state index >= 15 is 0 Å². The van der Waals surface area contributed by atoms with E-state index in [0.717, 1.165) is 44.0 Å². The van der Waals surface area contributed by atoms with E-state index in [-0.39, 0.29) is 5.91 Å². The fourth-order valence-electron chi connectivity index (χ4n) is 2.45. The zero-order valence-corrected chi connectivity index (χ0v) is 12.0. The molecule has 0 atom stereocenters. The van der Waals surface area contributed by atoms with Gasteiger partial charge < -0.3 is 15.5 Å². The molecular formula is C13H23N5O. The van der Waals surface area contributed by atoms with Crippen molar-refractivity contribution in [1.29, 1.82) is 0 Å². The van der Waals surface area contributed by atoms with Crippen LogP contribution < -0.4 is 10.6 Å². The molecule has 0 spiro atoms. The normalized spacial score (nSPS) is 16.9. The number of rotatable bonds is 3. The molecule has 0 aromatic carbocycles. The van der Waals surface area contributed by atoms with E-state index in [0.29, 0.717) is 12.2 Å². The van der Waals surface area contributed by atoms with Crippen molar-refractivity contribution < 1.29 is 4.79 Å². The standard InChI is InChI=1S/C13H23N5O/c1-4-6-18-13(12(14)10(2)15-18)17-8-5-7-16(3)11(19)9-17/h4-9,14H2,1-3H3. The molecule has 1 saturated heterocycles. The highest BCUT2D eigenvalue weighted by Gasteiger charge is 2.24. The van der Waals surface area contributed by atoms with Crippen molar-refractivity contribution in [2.24, 2.45) is 0 Å². The van der Waals surface area contributed by atoms with Crippen LogP contribution in [0.5, 0.6) is 0 Å². The van der Waals surface area contributed by atoms with Crippen molar-refractivity contribution in [3.8, 4) is 0 Å². The van der Waals surface area contributed by atoms with Crippen LogP contribution in [0.15, 0.2) is 0 Å². The molecule has 2 heterocycles. The number of amides is 1. The Bertz CT molecular complexity index is 468. The minimum Gasteiger partial charge on any atom is -0.394 e. The monoisotopic (exact) mass is 265 g/mol. The van der Waals surface area contributed by atoms with Gasteiger partial charge in [0.15, 0.2) is 5.82 Å². The molecule has 1 aliphatic heterocycles. The number of carbonyl (C=O) groups excluding carboxylic acids is 1. The average Bonchev–Trinajstić information content (AvgIpc) is 2.53. The Morgan fingerprint density at radius 3 is 2.79 bits per heavy atom. The number of nitrogens with zero attached hydrogens (tertiary/aromatic N) is 4. The van der Waals surface area contributed by atoms with Crippen LogP contribution in [0, 0.1) is 6.92 Å². The van der Waals surface area contributed by atoms with Gasteiger partial charge in [-0.2, -0.15) is 5.10 Å². The lowest BCUT2D eigenvalue weighted by Gasteiger charge is -2.23. The highest BCUT2D eigenvalue weighted by Crippen LogP contribution is 2.27. The lowest BCUT2D eigenvalue weighted by molar-refractivity contribution is -0.127. The topological polar surface area (TPSA) is 67.4 Å². The van der Waals surface area contributed by atoms with E-state index in [2.05, 4.69) is 16.9 Å². The third-order valence-corrected chi connectivity index (χ3v) is 3.55. The maximum atomic E-state index is 12.0. The predicted octanol–water partition coefficient (Wildman–Crippen LogP) is 0.852. The number of aryl methyl sites for hydroxylation is 2. The van der Waals surface area contributed by atoms with Gasteiger partial charge in [-0.25, -0.2) is 4.68 Å². The number of hydrogen-bond acceptors (Lipinski definition) is 4. The quantitative estimate of drug-likeness (QED) is 0.880. The van der Waals surface area contributed by atoms with Crippen molar-refractivity contribution in [2.75, 3.05) is 37.3 Å². The summed E-state index contributed by atoms with van der Waals surface area (Å²) in [4.78, 5) is 15.8. The molecule has 0 saturated carbocycles. The van der Waals surface area contributed by atoms with E-state index in [9.17, 15) is 4.79 Å². The lowest BCUT2D eigenvalue weighted by atomic mass is 10.3. The summed E-state index contributed by atoms with van der Waals surface area (Å²) in [5.41, 5.74) is 7.69. The minimum atomic E-state index is 0.138. The number of likely N-dealkylation sites (N-methyl/N-ethyl adjacent to an activating group) is 1. The van der Waals surface area contributed by atoms with Crippen molar-refractivity contribution in [3.05, 3.63) is 5.69 Å². The van der Waals surface area contributed by atoms with Gasteiger partial charge in [-0.05, 0) is 19.8 Å².